The average Bonchev–Trinajstić information content (AvgIpc) is 2.75. The van der Waals surface area contributed by atoms with Crippen LogP contribution in [0.2, 0.25) is 0 Å². The summed E-state index contributed by atoms with van der Waals surface area (Å²) in [6.07, 6.45) is 7.86. The fraction of sp³-hybridized carbons (Fsp3) is 0.417. The van der Waals surface area contributed by atoms with Gasteiger partial charge < -0.3 is 9.32 Å². The zero-order valence-corrected chi connectivity index (χ0v) is 8.90. The summed E-state index contributed by atoms with van der Waals surface area (Å²) in [5.74, 6) is 3.38. The minimum Gasteiger partial charge on any atom is -0.469 e. The maximum absolute atomic E-state index is 11.6. The normalized spacial score (nSPS) is 9.60. The van der Waals surface area contributed by atoms with Crippen molar-refractivity contribution in [3.05, 3.63) is 24.2 Å². The summed E-state index contributed by atoms with van der Waals surface area (Å²) in [6, 6.07) is 3.68. The molecule has 0 aromatic carbocycles. The van der Waals surface area contributed by atoms with Crippen LogP contribution in [0.3, 0.4) is 0 Å². The third-order valence-electron chi connectivity index (χ3n) is 2.18. The fourth-order valence-corrected chi connectivity index (χ4v) is 1.33. The average molecular weight is 205 g/mol. The van der Waals surface area contributed by atoms with Gasteiger partial charge >= 0.3 is 0 Å². The number of carbonyl (C=O) groups is 1. The molecule has 15 heavy (non-hydrogen) atoms. The Morgan fingerprint density at radius 3 is 3.00 bits per heavy atom. The van der Waals surface area contributed by atoms with Crippen LogP contribution in [0, 0.1) is 12.3 Å². The van der Waals surface area contributed by atoms with E-state index in [9.17, 15) is 4.79 Å². The van der Waals surface area contributed by atoms with Crippen LogP contribution in [0.5, 0.6) is 0 Å². The lowest BCUT2D eigenvalue weighted by Crippen LogP contribution is -2.31. The molecule has 0 aliphatic rings. The number of rotatable bonds is 5. The van der Waals surface area contributed by atoms with Crippen molar-refractivity contribution in [3.8, 4) is 12.3 Å². The Balaban J connectivity index is 2.38. The zero-order valence-electron chi connectivity index (χ0n) is 8.90. The Bertz CT molecular complexity index is 335. The highest BCUT2D eigenvalue weighted by molar-refractivity contribution is 5.76. The maximum atomic E-state index is 11.6. The predicted octanol–water partition coefficient (Wildman–Crippen LogP) is 1.69. The van der Waals surface area contributed by atoms with Crippen LogP contribution >= 0.6 is 0 Å². The van der Waals surface area contributed by atoms with E-state index in [0.717, 1.165) is 5.76 Å². The Morgan fingerprint density at radius 1 is 1.67 bits per heavy atom. The van der Waals surface area contributed by atoms with E-state index in [1.54, 1.807) is 11.2 Å². The molecule has 1 amide bonds. The Labute approximate surface area is 90.1 Å². The van der Waals surface area contributed by atoms with Crippen molar-refractivity contribution in [2.24, 2.45) is 0 Å². The molecule has 1 aromatic rings. The molecule has 1 aromatic heterocycles. The standard InChI is InChI=1S/C12H15NO2/c1-3-9-13(4-2)12(14)8-7-11-6-5-10-15-11/h1,5-6,10H,4,7-9H2,2H3. The van der Waals surface area contributed by atoms with Gasteiger partial charge in [-0.2, -0.15) is 0 Å². The lowest BCUT2D eigenvalue weighted by atomic mass is 10.2. The molecule has 0 spiro atoms. The van der Waals surface area contributed by atoms with Crippen LogP contribution in [0.4, 0.5) is 0 Å². The van der Waals surface area contributed by atoms with Crippen molar-refractivity contribution in [1.29, 1.82) is 0 Å². The summed E-state index contributed by atoms with van der Waals surface area (Å²) in [6.45, 7) is 2.96. The molecule has 1 rings (SSSR count). The monoisotopic (exact) mass is 205 g/mol. The van der Waals surface area contributed by atoms with Gasteiger partial charge in [-0.25, -0.2) is 0 Å². The van der Waals surface area contributed by atoms with Gasteiger partial charge in [0.2, 0.25) is 5.91 Å². The Hall–Kier alpha value is -1.69. The predicted molar refractivity (Wildman–Crippen MR) is 58.1 cm³/mol. The van der Waals surface area contributed by atoms with Crippen LogP contribution in [-0.2, 0) is 11.2 Å². The topological polar surface area (TPSA) is 33.5 Å². The summed E-state index contributed by atoms with van der Waals surface area (Å²) in [7, 11) is 0. The van der Waals surface area contributed by atoms with Crippen molar-refractivity contribution in [1.82, 2.24) is 4.90 Å². The van der Waals surface area contributed by atoms with Gasteiger partial charge in [0, 0.05) is 19.4 Å². The van der Waals surface area contributed by atoms with Crippen molar-refractivity contribution in [2.75, 3.05) is 13.1 Å². The molecule has 0 unspecified atom stereocenters. The number of hydrogen-bond acceptors (Lipinski definition) is 2. The Kier molecular flexibility index (Phi) is 4.49. The lowest BCUT2D eigenvalue weighted by molar-refractivity contribution is -0.130. The lowest BCUT2D eigenvalue weighted by Gasteiger charge is -2.17. The number of furan rings is 1. The van der Waals surface area contributed by atoms with E-state index in [1.807, 2.05) is 19.1 Å². The summed E-state index contributed by atoms with van der Waals surface area (Å²) < 4.78 is 5.15. The molecule has 0 fully saturated rings. The molecule has 0 bridgehead atoms. The molecule has 0 aliphatic carbocycles. The van der Waals surface area contributed by atoms with Crippen molar-refractivity contribution >= 4 is 5.91 Å². The van der Waals surface area contributed by atoms with Crippen LogP contribution in [0.25, 0.3) is 0 Å². The molecular weight excluding hydrogens is 190 g/mol. The van der Waals surface area contributed by atoms with E-state index >= 15 is 0 Å². The van der Waals surface area contributed by atoms with Crippen molar-refractivity contribution < 1.29 is 9.21 Å². The van der Waals surface area contributed by atoms with Gasteiger partial charge in [0.15, 0.2) is 0 Å². The third kappa shape index (κ3) is 3.51. The minimum atomic E-state index is 0.0758. The number of nitrogens with zero attached hydrogens (tertiary/aromatic N) is 1. The molecule has 3 nitrogen and oxygen atoms in total. The second-order valence-corrected chi connectivity index (χ2v) is 3.19. The first-order chi connectivity index (χ1) is 7.27. The third-order valence-corrected chi connectivity index (χ3v) is 2.18. The minimum absolute atomic E-state index is 0.0758. The highest BCUT2D eigenvalue weighted by Gasteiger charge is 2.10. The second-order valence-electron chi connectivity index (χ2n) is 3.19. The number of terminal acetylenes is 1. The van der Waals surface area contributed by atoms with E-state index in [4.69, 9.17) is 10.8 Å². The molecule has 3 heteroatoms. The molecule has 0 atom stereocenters. The van der Waals surface area contributed by atoms with Gasteiger partial charge in [0.1, 0.15) is 5.76 Å². The highest BCUT2D eigenvalue weighted by Crippen LogP contribution is 2.05. The molecule has 1 heterocycles. The molecular formula is C12H15NO2. The molecule has 0 radical (unpaired) electrons. The SMILES string of the molecule is C#CCN(CC)C(=O)CCc1ccco1. The van der Waals surface area contributed by atoms with Crippen LogP contribution < -0.4 is 0 Å². The first-order valence-corrected chi connectivity index (χ1v) is 5.01. The zero-order chi connectivity index (χ0) is 11.1. The van der Waals surface area contributed by atoms with E-state index < -0.39 is 0 Å². The largest absolute Gasteiger partial charge is 0.469 e. The number of aryl methyl sites for hydroxylation is 1. The highest BCUT2D eigenvalue weighted by atomic mass is 16.3. The molecule has 0 N–H and O–H groups in total. The first-order valence-electron chi connectivity index (χ1n) is 5.01. The second kappa shape index (κ2) is 5.92. The van der Waals surface area contributed by atoms with Gasteiger partial charge in [-0.05, 0) is 19.1 Å². The van der Waals surface area contributed by atoms with Gasteiger partial charge in [0.25, 0.3) is 0 Å². The number of hydrogen-bond donors (Lipinski definition) is 0. The molecule has 0 saturated heterocycles. The summed E-state index contributed by atoms with van der Waals surface area (Å²) in [5, 5.41) is 0. The van der Waals surface area contributed by atoms with Gasteiger partial charge in [0.05, 0.1) is 12.8 Å². The van der Waals surface area contributed by atoms with Gasteiger partial charge in [-0.15, -0.1) is 6.42 Å². The smallest absolute Gasteiger partial charge is 0.223 e. The van der Waals surface area contributed by atoms with E-state index in [0.29, 0.717) is 25.9 Å². The van der Waals surface area contributed by atoms with E-state index in [2.05, 4.69) is 5.92 Å². The first kappa shape index (κ1) is 11.4. The Morgan fingerprint density at radius 2 is 2.47 bits per heavy atom. The summed E-state index contributed by atoms with van der Waals surface area (Å²) in [4.78, 5) is 13.3. The van der Waals surface area contributed by atoms with Crippen LogP contribution in [-0.4, -0.2) is 23.9 Å². The van der Waals surface area contributed by atoms with E-state index in [-0.39, 0.29) is 5.91 Å². The fourth-order valence-electron chi connectivity index (χ4n) is 1.33. The maximum Gasteiger partial charge on any atom is 0.223 e. The van der Waals surface area contributed by atoms with Crippen molar-refractivity contribution in [2.45, 2.75) is 19.8 Å². The number of carbonyl (C=O) groups excluding carboxylic acids is 1. The van der Waals surface area contributed by atoms with Gasteiger partial charge in [-0.3, -0.25) is 4.79 Å². The molecule has 80 valence electrons. The summed E-state index contributed by atoms with van der Waals surface area (Å²) in [5.41, 5.74) is 0. The van der Waals surface area contributed by atoms with E-state index in [1.165, 1.54) is 0 Å². The number of amides is 1. The quantitative estimate of drug-likeness (QED) is 0.685. The van der Waals surface area contributed by atoms with Crippen LogP contribution in [0.1, 0.15) is 19.1 Å². The van der Waals surface area contributed by atoms with Gasteiger partial charge in [-0.1, -0.05) is 5.92 Å². The summed E-state index contributed by atoms with van der Waals surface area (Å²) >= 11 is 0. The van der Waals surface area contributed by atoms with Crippen molar-refractivity contribution in [3.63, 3.8) is 0 Å². The molecule has 0 aliphatic heterocycles. The molecule has 0 saturated carbocycles. The van der Waals surface area contributed by atoms with Crippen LogP contribution in [0.15, 0.2) is 22.8 Å².